The van der Waals surface area contributed by atoms with Crippen molar-refractivity contribution in [2.45, 2.75) is 0 Å². The van der Waals surface area contributed by atoms with E-state index >= 15 is 0 Å². The van der Waals surface area contributed by atoms with E-state index < -0.39 is 22.9 Å². The minimum Gasteiger partial charge on any atom is -0.423 e. The maximum absolute atomic E-state index is 13.1. The second kappa shape index (κ2) is 6.92. The molecule has 2 aromatic carbocycles. The maximum Gasteiger partial charge on any atom is 0.336 e. The Morgan fingerprint density at radius 2 is 1.75 bits per heavy atom. The average molecular weight is 377 g/mol. The van der Waals surface area contributed by atoms with E-state index in [9.17, 15) is 18.8 Å². The molecule has 8 heteroatoms. The lowest BCUT2D eigenvalue weighted by Gasteiger charge is -2.08. The van der Waals surface area contributed by atoms with Gasteiger partial charge in [-0.25, -0.2) is 9.18 Å². The van der Waals surface area contributed by atoms with Crippen LogP contribution in [0.25, 0.3) is 16.7 Å². The molecular weight excluding hydrogens is 365 g/mol. The molecule has 4 aromatic rings. The number of carbonyl (C=O) groups is 1. The van der Waals surface area contributed by atoms with Gasteiger partial charge in [0.05, 0.1) is 5.69 Å². The molecule has 0 fully saturated rings. The van der Waals surface area contributed by atoms with Crippen molar-refractivity contribution in [2.75, 3.05) is 5.32 Å². The van der Waals surface area contributed by atoms with E-state index in [1.54, 1.807) is 24.3 Å². The number of nitrogens with one attached hydrogen (secondary N) is 1. The molecule has 0 aliphatic rings. The summed E-state index contributed by atoms with van der Waals surface area (Å²) in [6, 6.07) is 15.4. The molecule has 1 amide bonds. The number of rotatable bonds is 3. The minimum absolute atomic E-state index is 0.00335. The minimum atomic E-state index is -0.535. The molecule has 0 aliphatic heterocycles. The Balaban J connectivity index is 1.64. The first kappa shape index (κ1) is 17.3. The van der Waals surface area contributed by atoms with Crippen LogP contribution >= 0.6 is 0 Å². The third-order valence-electron chi connectivity index (χ3n) is 3.98. The Kier molecular flexibility index (Phi) is 4.29. The van der Waals surface area contributed by atoms with E-state index in [-0.39, 0.29) is 5.69 Å². The van der Waals surface area contributed by atoms with Crippen LogP contribution in [0.4, 0.5) is 10.1 Å². The first-order valence-electron chi connectivity index (χ1n) is 8.21. The molecule has 0 atom stereocenters. The summed E-state index contributed by atoms with van der Waals surface area (Å²) in [7, 11) is 0. The van der Waals surface area contributed by atoms with Crippen LogP contribution in [0.15, 0.2) is 80.7 Å². The number of aromatic nitrogens is 2. The van der Waals surface area contributed by atoms with Crippen molar-refractivity contribution in [2.24, 2.45) is 0 Å². The maximum atomic E-state index is 13.1. The summed E-state index contributed by atoms with van der Waals surface area (Å²) in [6.45, 7) is 0. The summed E-state index contributed by atoms with van der Waals surface area (Å²) in [5.41, 5.74) is 0.284. The van der Waals surface area contributed by atoms with E-state index in [2.05, 4.69) is 10.4 Å². The highest BCUT2D eigenvalue weighted by atomic mass is 19.1. The van der Waals surface area contributed by atoms with Crippen LogP contribution in [0.2, 0.25) is 0 Å². The summed E-state index contributed by atoms with van der Waals surface area (Å²) in [6.07, 6.45) is 0. The van der Waals surface area contributed by atoms with Crippen LogP contribution in [-0.4, -0.2) is 15.7 Å². The molecule has 138 valence electrons. The van der Waals surface area contributed by atoms with E-state index in [0.29, 0.717) is 22.3 Å². The molecule has 0 spiro atoms. The predicted molar refractivity (Wildman–Crippen MR) is 100 cm³/mol. The van der Waals surface area contributed by atoms with Crippen LogP contribution in [0.5, 0.6) is 0 Å². The van der Waals surface area contributed by atoms with E-state index in [4.69, 9.17) is 4.42 Å². The molecule has 0 bridgehead atoms. The van der Waals surface area contributed by atoms with E-state index in [1.165, 1.54) is 42.5 Å². The molecule has 2 heterocycles. The van der Waals surface area contributed by atoms with Crippen molar-refractivity contribution >= 4 is 22.6 Å². The van der Waals surface area contributed by atoms with Gasteiger partial charge in [0.15, 0.2) is 0 Å². The van der Waals surface area contributed by atoms with Gasteiger partial charge in [0.1, 0.15) is 17.1 Å². The van der Waals surface area contributed by atoms with Crippen molar-refractivity contribution in [3.8, 4) is 5.69 Å². The van der Waals surface area contributed by atoms with E-state index in [0.717, 1.165) is 4.68 Å². The van der Waals surface area contributed by atoms with Gasteiger partial charge in [0, 0.05) is 23.2 Å². The normalized spacial score (nSPS) is 10.8. The number of hydrogen-bond acceptors (Lipinski definition) is 5. The molecule has 0 unspecified atom stereocenters. The summed E-state index contributed by atoms with van der Waals surface area (Å²) in [4.78, 5) is 35.8. The van der Waals surface area contributed by atoms with Crippen molar-refractivity contribution in [3.05, 3.63) is 99.0 Å². The quantitative estimate of drug-likeness (QED) is 0.554. The number of hydrogen-bond donors (Lipinski definition) is 1. The van der Waals surface area contributed by atoms with Gasteiger partial charge in [0.2, 0.25) is 0 Å². The van der Waals surface area contributed by atoms with Gasteiger partial charge in [0.25, 0.3) is 11.5 Å². The second-order valence-corrected chi connectivity index (χ2v) is 5.91. The predicted octanol–water partition coefficient (Wildman–Crippen LogP) is 2.73. The molecule has 28 heavy (non-hydrogen) atoms. The number of nitrogens with zero attached hydrogens (tertiary/aromatic N) is 2. The molecule has 2 aromatic heterocycles. The molecule has 0 radical (unpaired) electrons. The summed E-state index contributed by atoms with van der Waals surface area (Å²) in [5.74, 6) is -0.981. The highest BCUT2D eigenvalue weighted by molar-refractivity contribution is 6.03. The lowest BCUT2D eigenvalue weighted by molar-refractivity contribution is 0.102. The molecular formula is C20H12FN3O4. The van der Waals surface area contributed by atoms with Crippen molar-refractivity contribution in [1.29, 1.82) is 0 Å². The number of halogens is 1. The molecule has 7 nitrogen and oxygen atoms in total. The van der Waals surface area contributed by atoms with Gasteiger partial charge in [-0.05, 0) is 54.6 Å². The van der Waals surface area contributed by atoms with E-state index in [1.807, 2.05) is 0 Å². The fraction of sp³-hybridized carbons (Fsp3) is 0. The van der Waals surface area contributed by atoms with Crippen molar-refractivity contribution < 1.29 is 13.6 Å². The fourth-order valence-electron chi connectivity index (χ4n) is 2.64. The van der Waals surface area contributed by atoms with Crippen molar-refractivity contribution in [1.82, 2.24) is 9.78 Å². The number of benzene rings is 2. The van der Waals surface area contributed by atoms with Crippen LogP contribution < -0.4 is 16.5 Å². The molecule has 0 aliphatic carbocycles. The smallest absolute Gasteiger partial charge is 0.336 e. The van der Waals surface area contributed by atoms with Gasteiger partial charge in [-0.1, -0.05) is 0 Å². The van der Waals surface area contributed by atoms with Gasteiger partial charge in [-0.15, -0.1) is 0 Å². The highest BCUT2D eigenvalue weighted by Crippen LogP contribution is 2.18. The van der Waals surface area contributed by atoms with Gasteiger partial charge < -0.3 is 9.73 Å². The largest absolute Gasteiger partial charge is 0.423 e. The first-order valence-corrected chi connectivity index (χ1v) is 8.21. The molecule has 1 N–H and O–H groups in total. The Bertz CT molecular complexity index is 1310. The second-order valence-electron chi connectivity index (χ2n) is 5.91. The van der Waals surface area contributed by atoms with Gasteiger partial charge >= 0.3 is 5.63 Å². The Hall–Kier alpha value is -4.07. The van der Waals surface area contributed by atoms with Crippen LogP contribution in [-0.2, 0) is 0 Å². The number of anilines is 1. The Labute approximate surface area is 156 Å². The molecule has 0 saturated carbocycles. The first-order chi connectivity index (χ1) is 13.5. The Morgan fingerprint density at radius 1 is 0.964 bits per heavy atom. The van der Waals surface area contributed by atoms with Gasteiger partial charge in [-0.2, -0.15) is 9.78 Å². The third-order valence-corrected chi connectivity index (χ3v) is 3.98. The average Bonchev–Trinajstić information content (AvgIpc) is 2.69. The zero-order chi connectivity index (χ0) is 19.7. The van der Waals surface area contributed by atoms with Crippen molar-refractivity contribution in [3.63, 3.8) is 0 Å². The summed E-state index contributed by atoms with van der Waals surface area (Å²) < 4.78 is 19.2. The molecule has 0 saturated heterocycles. The zero-order valence-electron chi connectivity index (χ0n) is 14.3. The fourth-order valence-corrected chi connectivity index (χ4v) is 2.64. The molecule has 4 rings (SSSR count). The SMILES string of the molecule is O=C(Nc1ccc2oc(=O)ccc2c1)c1ccc(=O)n(-c2ccc(F)cc2)n1. The monoisotopic (exact) mass is 377 g/mol. The number of fused-ring (bicyclic) bond motifs is 1. The van der Waals surface area contributed by atoms with Crippen LogP contribution in [0, 0.1) is 5.82 Å². The topological polar surface area (TPSA) is 94.2 Å². The van der Waals surface area contributed by atoms with Crippen LogP contribution in [0.1, 0.15) is 10.5 Å². The lowest BCUT2D eigenvalue weighted by Crippen LogP contribution is -2.24. The van der Waals surface area contributed by atoms with Crippen LogP contribution in [0.3, 0.4) is 0 Å². The number of carbonyl (C=O) groups excluding carboxylic acids is 1. The standard InChI is InChI=1S/C20H12FN3O4/c21-13-2-5-15(6-3-13)24-18(25)9-7-16(23-24)20(27)22-14-4-8-17-12(11-14)1-10-19(26)28-17/h1-11H,(H,22,27). The third kappa shape index (κ3) is 3.43. The summed E-state index contributed by atoms with van der Waals surface area (Å²) >= 11 is 0. The zero-order valence-corrected chi connectivity index (χ0v) is 14.3. The number of amides is 1. The summed E-state index contributed by atoms with van der Waals surface area (Å²) in [5, 5.41) is 7.37. The highest BCUT2D eigenvalue weighted by Gasteiger charge is 2.12. The van der Waals surface area contributed by atoms with Gasteiger partial charge in [-0.3, -0.25) is 9.59 Å². The lowest BCUT2D eigenvalue weighted by atomic mass is 10.2. The Morgan fingerprint density at radius 3 is 2.54 bits per heavy atom.